The van der Waals surface area contributed by atoms with E-state index in [1.165, 1.54) is 0 Å². The van der Waals surface area contributed by atoms with Crippen LogP contribution in [0.3, 0.4) is 0 Å². The molecular formula is C17H10BrF2NO. The highest BCUT2D eigenvalue weighted by Gasteiger charge is 2.60. The van der Waals surface area contributed by atoms with Crippen LogP contribution in [0.5, 0.6) is 5.75 Å². The highest BCUT2D eigenvalue weighted by Crippen LogP contribution is 2.62. The lowest BCUT2D eigenvalue weighted by atomic mass is 9.83. The third-order valence-corrected chi connectivity index (χ3v) is 5.06. The van der Waals surface area contributed by atoms with Gasteiger partial charge in [0.05, 0.1) is 12.0 Å². The number of halogens is 3. The Bertz CT molecular complexity index is 845. The van der Waals surface area contributed by atoms with Crippen molar-refractivity contribution >= 4 is 15.9 Å². The van der Waals surface area contributed by atoms with Crippen LogP contribution in [-0.2, 0) is 12.0 Å². The van der Waals surface area contributed by atoms with Gasteiger partial charge in [-0.1, -0.05) is 28.1 Å². The van der Waals surface area contributed by atoms with Crippen LogP contribution in [0.1, 0.15) is 23.1 Å². The zero-order valence-corrected chi connectivity index (χ0v) is 13.0. The minimum atomic E-state index is -0.979. The molecule has 0 radical (unpaired) electrons. The number of benzene rings is 2. The summed E-state index contributed by atoms with van der Waals surface area (Å²) in [5.41, 5.74) is 1.83. The van der Waals surface area contributed by atoms with Crippen LogP contribution in [0.4, 0.5) is 8.78 Å². The SMILES string of the molecule is N#CC1C[C@]12c1ccc(Br)cc1COc1c2ccc(F)c1F. The molecule has 2 aromatic rings. The van der Waals surface area contributed by atoms with Crippen LogP contribution in [0, 0.1) is 28.9 Å². The van der Waals surface area contributed by atoms with Gasteiger partial charge in [-0.05, 0) is 35.7 Å². The first kappa shape index (κ1) is 13.7. The van der Waals surface area contributed by atoms with Crippen molar-refractivity contribution in [2.45, 2.75) is 18.4 Å². The predicted molar refractivity (Wildman–Crippen MR) is 79.3 cm³/mol. The lowest BCUT2D eigenvalue weighted by Gasteiger charge is -2.18. The van der Waals surface area contributed by atoms with E-state index >= 15 is 0 Å². The summed E-state index contributed by atoms with van der Waals surface area (Å²) in [5.74, 6) is -2.23. The fourth-order valence-corrected chi connectivity index (χ4v) is 3.86. The normalized spacial score (nSPS) is 24.7. The molecule has 1 unspecified atom stereocenters. The quantitative estimate of drug-likeness (QED) is 0.694. The third-order valence-electron chi connectivity index (χ3n) is 4.57. The topological polar surface area (TPSA) is 33.0 Å². The summed E-state index contributed by atoms with van der Waals surface area (Å²) in [5, 5.41) is 9.38. The standard InChI is InChI=1S/C17H10BrF2NO/c18-11-1-2-12-9(5-11)8-22-16-13(3-4-14(19)15(16)20)17(12)6-10(17)7-21/h1-5,10H,6,8H2/t10?,17-/m1/s1. The smallest absolute Gasteiger partial charge is 0.200 e. The third kappa shape index (κ3) is 1.67. The summed E-state index contributed by atoms with van der Waals surface area (Å²) in [6.45, 7) is 0.155. The second-order valence-corrected chi connectivity index (χ2v) is 6.60. The Hall–Kier alpha value is -1.93. The van der Waals surface area contributed by atoms with Crippen molar-refractivity contribution in [1.82, 2.24) is 0 Å². The van der Waals surface area contributed by atoms with Gasteiger partial charge in [0.2, 0.25) is 5.82 Å². The summed E-state index contributed by atoms with van der Waals surface area (Å²) >= 11 is 3.41. The molecule has 2 atom stereocenters. The first-order valence-corrected chi connectivity index (χ1v) is 7.67. The second-order valence-electron chi connectivity index (χ2n) is 5.69. The van der Waals surface area contributed by atoms with Crippen LogP contribution < -0.4 is 4.74 Å². The molecule has 4 rings (SSSR count). The summed E-state index contributed by atoms with van der Waals surface area (Å²) in [6.07, 6.45) is 0.597. The van der Waals surface area contributed by atoms with Gasteiger partial charge in [-0.25, -0.2) is 4.39 Å². The van der Waals surface area contributed by atoms with Crippen molar-refractivity contribution in [2.75, 3.05) is 0 Å². The molecule has 1 aliphatic heterocycles. The Morgan fingerprint density at radius 2 is 2.00 bits per heavy atom. The van der Waals surface area contributed by atoms with E-state index in [9.17, 15) is 14.0 Å². The molecule has 0 bridgehead atoms. The maximum absolute atomic E-state index is 14.2. The van der Waals surface area contributed by atoms with E-state index in [1.807, 2.05) is 18.2 Å². The Morgan fingerprint density at radius 1 is 1.23 bits per heavy atom. The zero-order valence-electron chi connectivity index (χ0n) is 11.4. The van der Waals surface area contributed by atoms with Gasteiger partial charge in [-0.15, -0.1) is 0 Å². The molecular weight excluding hydrogens is 352 g/mol. The highest BCUT2D eigenvalue weighted by molar-refractivity contribution is 9.10. The summed E-state index contributed by atoms with van der Waals surface area (Å²) in [6, 6.07) is 10.7. The van der Waals surface area contributed by atoms with Crippen LogP contribution in [0.15, 0.2) is 34.8 Å². The number of fused-ring (bicyclic) bond motifs is 4. The number of hydrogen-bond acceptors (Lipinski definition) is 2. The number of ether oxygens (including phenoxy) is 1. The summed E-state index contributed by atoms with van der Waals surface area (Å²) in [4.78, 5) is 0. The molecule has 110 valence electrons. The van der Waals surface area contributed by atoms with Crippen molar-refractivity contribution in [1.29, 1.82) is 5.26 Å². The average molecular weight is 362 g/mol. The molecule has 22 heavy (non-hydrogen) atoms. The minimum Gasteiger partial charge on any atom is -0.485 e. The van der Waals surface area contributed by atoms with E-state index in [0.29, 0.717) is 12.0 Å². The molecule has 1 spiro atoms. The Morgan fingerprint density at radius 3 is 2.73 bits per heavy atom. The van der Waals surface area contributed by atoms with Gasteiger partial charge in [0.1, 0.15) is 6.61 Å². The van der Waals surface area contributed by atoms with Gasteiger partial charge in [0.15, 0.2) is 11.6 Å². The number of nitrogens with zero attached hydrogens (tertiary/aromatic N) is 1. The predicted octanol–water partition coefficient (Wildman–Crippen LogP) is 4.45. The number of hydrogen-bond donors (Lipinski definition) is 0. The maximum Gasteiger partial charge on any atom is 0.200 e. The lowest BCUT2D eigenvalue weighted by molar-refractivity contribution is 0.284. The molecule has 1 saturated carbocycles. The maximum atomic E-state index is 14.2. The fraction of sp³-hybridized carbons (Fsp3) is 0.235. The molecule has 0 aromatic heterocycles. The van der Waals surface area contributed by atoms with E-state index in [0.717, 1.165) is 21.7 Å². The monoisotopic (exact) mass is 361 g/mol. The molecule has 0 saturated heterocycles. The molecule has 5 heteroatoms. The zero-order chi connectivity index (χ0) is 15.5. The summed E-state index contributed by atoms with van der Waals surface area (Å²) in [7, 11) is 0. The van der Waals surface area contributed by atoms with Crippen molar-refractivity contribution in [3.63, 3.8) is 0 Å². The number of rotatable bonds is 0. The molecule has 0 N–H and O–H groups in total. The molecule has 1 aliphatic carbocycles. The van der Waals surface area contributed by atoms with Crippen molar-refractivity contribution < 1.29 is 13.5 Å². The van der Waals surface area contributed by atoms with Gasteiger partial charge in [-0.3, -0.25) is 0 Å². The van der Waals surface area contributed by atoms with Crippen LogP contribution >= 0.6 is 15.9 Å². The minimum absolute atomic E-state index is 0.0647. The van der Waals surface area contributed by atoms with Gasteiger partial charge >= 0.3 is 0 Å². The van der Waals surface area contributed by atoms with Crippen molar-refractivity contribution in [3.8, 4) is 11.8 Å². The van der Waals surface area contributed by atoms with E-state index in [2.05, 4.69) is 22.0 Å². The lowest BCUT2D eigenvalue weighted by Crippen LogP contribution is -2.13. The number of nitriles is 1. The van der Waals surface area contributed by atoms with Crippen molar-refractivity contribution in [2.24, 2.45) is 5.92 Å². The van der Waals surface area contributed by atoms with E-state index in [-0.39, 0.29) is 18.3 Å². The highest BCUT2D eigenvalue weighted by atomic mass is 79.9. The van der Waals surface area contributed by atoms with Gasteiger partial charge in [0, 0.05) is 15.5 Å². The first-order valence-electron chi connectivity index (χ1n) is 6.87. The molecule has 1 heterocycles. The van der Waals surface area contributed by atoms with Crippen LogP contribution in [0.25, 0.3) is 0 Å². The first-order chi connectivity index (χ1) is 10.6. The van der Waals surface area contributed by atoms with E-state index < -0.39 is 17.0 Å². The summed E-state index contributed by atoms with van der Waals surface area (Å²) < 4.78 is 34.2. The average Bonchev–Trinajstić information content (AvgIpc) is 3.25. The van der Waals surface area contributed by atoms with Gasteiger partial charge in [0.25, 0.3) is 0 Å². The molecule has 2 nitrogen and oxygen atoms in total. The van der Waals surface area contributed by atoms with Crippen molar-refractivity contribution in [3.05, 3.63) is 63.1 Å². The molecule has 0 amide bonds. The van der Waals surface area contributed by atoms with Gasteiger partial charge < -0.3 is 4.74 Å². The Balaban J connectivity index is 2.02. The molecule has 2 aliphatic rings. The Labute approximate surface area is 134 Å². The fourth-order valence-electron chi connectivity index (χ4n) is 3.45. The Kier molecular flexibility index (Phi) is 2.82. The van der Waals surface area contributed by atoms with Crippen LogP contribution in [-0.4, -0.2) is 0 Å². The van der Waals surface area contributed by atoms with Gasteiger partial charge in [-0.2, -0.15) is 9.65 Å². The molecule has 2 aromatic carbocycles. The largest absolute Gasteiger partial charge is 0.485 e. The molecule has 1 fully saturated rings. The second kappa shape index (κ2) is 4.53. The van der Waals surface area contributed by atoms with E-state index in [1.54, 1.807) is 6.07 Å². The van der Waals surface area contributed by atoms with E-state index in [4.69, 9.17) is 4.74 Å². The van der Waals surface area contributed by atoms with Crippen LogP contribution in [0.2, 0.25) is 0 Å².